The topological polar surface area (TPSA) is 105 Å². The highest BCUT2D eigenvalue weighted by atomic mass is 35.5. The van der Waals surface area contributed by atoms with Crippen molar-refractivity contribution >= 4 is 45.0 Å². The standard InChI is InChI=1S/C21H23ClN4O4S2/c1-4-26(5-2)32(28,29)16-8-9-18(22)19(12-16)24-20(27)17-7-6-10-23-21(17)31-13-15-11-14(3)30-25-15/h6-12H,4-5,13H2,1-3H3,(H,24,27). The summed E-state index contributed by atoms with van der Waals surface area (Å²) >= 11 is 7.59. The number of nitrogens with zero attached hydrogens (tertiary/aromatic N) is 3. The third kappa shape index (κ3) is 5.50. The molecule has 0 aliphatic heterocycles. The highest BCUT2D eigenvalue weighted by molar-refractivity contribution is 7.98. The van der Waals surface area contributed by atoms with Crippen LogP contribution in [0.15, 0.2) is 57.0 Å². The van der Waals surface area contributed by atoms with E-state index in [9.17, 15) is 13.2 Å². The monoisotopic (exact) mass is 494 g/mol. The van der Waals surface area contributed by atoms with Crippen LogP contribution in [0.4, 0.5) is 5.69 Å². The lowest BCUT2D eigenvalue weighted by atomic mass is 10.2. The van der Waals surface area contributed by atoms with Crippen molar-refractivity contribution in [2.24, 2.45) is 0 Å². The normalized spacial score (nSPS) is 11.7. The first kappa shape index (κ1) is 24.2. The van der Waals surface area contributed by atoms with Crippen LogP contribution in [0, 0.1) is 6.92 Å². The number of amides is 1. The molecule has 170 valence electrons. The molecule has 11 heteroatoms. The zero-order valence-corrected chi connectivity index (χ0v) is 20.2. The number of sulfonamides is 1. The molecule has 1 N–H and O–H groups in total. The van der Waals surface area contributed by atoms with E-state index in [1.165, 1.54) is 34.3 Å². The molecular formula is C21H23ClN4O4S2. The quantitative estimate of drug-likeness (QED) is 0.433. The van der Waals surface area contributed by atoms with E-state index in [0.29, 0.717) is 35.2 Å². The van der Waals surface area contributed by atoms with Gasteiger partial charge in [0.25, 0.3) is 5.91 Å². The molecule has 1 aromatic carbocycles. The van der Waals surface area contributed by atoms with Crippen LogP contribution in [0.25, 0.3) is 0 Å². The number of rotatable bonds is 9. The van der Waals surface area contributed by atoms with Gasteiger partial charge >= 0.3 is 0 Å². The molecule has 1 amide bonds. The zero-order valence-electron chi connectivity index (χ0n) is 17.8. The van der Waals surface area contributed by atoms with E-state index >= 15 is 0 Å². The average molecular weight is 495 g/mol. The molecule has 0 fully saturated rings. The van der Waals surface area contributed by atoms with Crippen molar-refractivity contribution in [2.45, 2.75) is 36.4 Å². The molecular weight excluding hydrogens is 472 g/mol. The highest BCUT2D eigenvalue weighted by Gasteiger charge is 2.23. The zero-order chi connectivity index (χ0) is 23.3. The van der Waals surface area contributed by atoms with Gasteiger partial charge in [-0.1, -0.05) is 42.4 Å². The summed E-state index contributed by atoms with van der Waals surface area (Å²) in [5, 5.41) is 7.40. The fourth-order valence-electron chi connectivity index (χ4n) is 2.97. The molecule has 0 bridgehead atoms. The summed E-state index contributed by atoms with van der Waals surface area (Å²) in [5.41, 5.74) is 1.28. The third-order valence-corrected chi connectivity index (χ3v) is 7.99. The van der Waals surface area contributed by atoms with Crippen molar-refractivity contribution < 1.29 is 17.7 Å². The van der Waals surface area contributed by atoms with E-state index in [-0.39, 0.29) is 15.6 Å². The average Bonchev–Trinajstić information content (AvgIpc) is 3.19. The minimum absolute atomic E-state index is 0.0584. The summed E-state index contributed by atoms with van der Waals surface area (Å²) < 4.78 is 32.1. The summed E-state index contributed by atoms with van der Waals surface area (Å²) in [7, 11) is -3.70. The molecule has 2 heterocycles. The number of carbonyl (C=O) groups is 1. The maximum atomic E-state index is 13.0. The second-order valence-corrected chi connectivity index (χ2v) is 10.1. The molecule has 2 aromatic heterocycles. The Kier molecular flexibility index (Phi) is 7.94. The largest absolute Gasteiger partial charge is 0.361 e. The van der Waals surface area contributed by atoms with E-state index in [1.54, 1.807) is 39.1 Å². The molecule has 32 heavy (non-hydrogen) atoms. The van der Waals surface area contributed by atoms with Gasteiger partial charge in [0.15, 0.2) is 0 Å². The maximum absolute atomic E-state index is 13.0. The van der Waals surface area contributed by atoms with Gasteiger partial charge in [-0.05, 0) is 37.3 Å². The number of halogens is 1. The molecule has 0 saturated heterocycles. The van der Waals surface area contributed by atoms with Gasteiger partial charge in [-0.25, -0.2) is 13.4 Å². The molecule has 3 aromatic rings. The van der Waals surface area contributed by atoms with Crippen molar-refractivity contribution in [3.63, 3.8) is 0 Å². The maximum Gasteiger partial charge on any atom is 0.258 e. The summed E-state index contributed by atoms with van der Waals surface area (Å²) in [6, 6.07) is 9.37. The van der Waals surface area contributed by atoms with Crippen LogP contribution < -0.4 is 5.32 Å². The minimum Gasteiger partial charge on any atom is -0.361 e. The van der Waals surface area contributed by atoms with Gasteiger partial charge in [0, 0.05) is 31.1 Å². The third-order valence-electron chi connectivity index (χ3n) is 4.58. The summed E-state index contributed by atoms with van der Waals surface area (Å²) in [5.74, 6) is 0.734. The van der Waals surface area contributed by atoms with Gasteiger partial charge < -0.3 is 9.84 Å². The van der Waals surface area contributed by atoms with Crippen LogP contribution >= 0.6 is 23.4 Å². The molecule has 0 aliphatic rings. The van der Waals surface area contributed by atoms with Crippen LogP contribution in [0.3, 0.4) is 0 Å². The molecule has 3 rings (SSSR count). The van der Waals surface area contributed by atoms with Gasteiger partial charge in [0.05, 0.1) is 26.9 Å². The highest BCUT2D eigenvalue weighted by Crippen LogP contribution is 2.29. The second-order valence-electron chi connectivity index (χ2n) is 6.76. The Morgan fingerprint density at radius 3 is 2.62 bits per heavy atom. The Hall–Kier alpha value is -2.40. The molecule has 8 nitrogen and oxygen atoms in total. The van der Waals surface area contributed by atoms with Crippen molar-refractivity contribution in [2.75, 3.05) is 18.4 Å². The number of nitrogens with one attached hydrogen (secondary N) is 1. The van der Waals surface area contributed by atoms with Crippen molar-refractivity contribution in [3.8, 4) is 0 Å². The smallest absolute Gasteiger partial charge is 0.258 e. The fraction of sp³-hybridized carbons (Fsp3) is 0.286. The Balaban J connectivity index is 1.83. The number of benzene rings is 1. The van der Waals surface area contributed by atoms with E-state index in [4.69, 9.17) is 16.1 Å². The molecule has 0 radical (unpaired) electrons. The lowest BCUT2D eigenvalue weighted by Crippen LogP contribution is -2.30. The SMILES string of the molecule is CCN(CC)S(=O)(=O)c1ccc(Cl)c(NC(=O)c2cccnc2SCc2cc(C)on2)c1. The van der Waals surface area contributed by atoms with Crippen molar-refractivity contribution in [3.05, 3.63) is 64.6 Å². The van der Waals surface area contributed by atoms with E-state index in [0.717, 1.165) is 5.69 Å². The number of pyridine rings is 1. The lowest BCUT2D eigenvalue weighted by molar-refractivity contribution is 0.102. The van der Waals surface area contributed by atoms with Gasteiger partial charge in [-0.2, -0.15) is 4.31 Å². The van der Waals surface area contributed by atoms with E-state index < -0.39 is 15.9 Å². The van der Waals surface area contributed by atoms with Gasteiger partial charge in [-0.3, -0.25) is 4.79 Å². The first-order chi connectivity index (χ1) is 15.3. The van der Waals surface area contributed by atoms with Crippen LogP contribution in [-0.2, 0) is 15.8 Å². The van der Waals surface area contributed by atoms with Crippen molar-refractivity contribution in [1.29, 1.82) is 0 Å². The first-order valence-electron chi connectivity index (χ1n) is 9.87. The molecule has 0 atom stereocenters. The predicted octanol–water partition coefficient (Wildman–Crippen LogP) is 4.61. The second kappa shape index (κ2) is 10.5. The van der Waals surface area contributed by atoms with Crippen LogP contribution in [0.2, 0.25) is 5.02 Å². The Morgan fingerprint density at radius 1 is 1.22 bits per heavy atom. The lowest BCUT2D eigenvalue weighted by Gasteiger charge is -2.19. The number of hydrogen-bond acceptors (Lipinski definition) is 7. The number of anilines is 1. The number of thioether (sulfide) groups is 1. The van der Waals surface area contributed by atoms with Crippen LogP contribution in [0.5, 0.6) is 0 Å². The van der Waals surface area contributed by atoms with E-state index in [2.05, 4.69) is 15.5 Å². The first-order valence-corrected chi connectivity index (χ1v) is 12.7. The minimum atomic E-state index is -3.70. The van der Waals surface area contributed by atoms with Crippen LogP contribution in [0.1, 0.15) is 35.7 Å². The molecule has 0 aliphatic carbocycles. The van der Waals surface area contributed by atoms with E-state index in [1.807, 2.05) is 6.07 Å². The number of aromatic nitrogens is 2. The summed E-state index contributed by atoms with van der Waals surface area (Å²) in [4.78, 5) is 17.3. The van der Waals surface area contributed by atoms with Crippen LogP contribution in [-0.4, -0.2) is 41.9 Å². The molecule has 0 spiro atoms. The molecule has 0 unspecified atom stereocenters. The molecule has 0 saturated carbocycles. The number of hydrogen-bond donors (Lipinski definition) is 1. The van der Waals surface area contributed by atoms with Gasteiger partial charge in [0.1, 0.15) is 10.8 Å². The summed E-state index contributed by atoms with van der Waals surface area (Å²) in [6.45, 7) is 6.01. The Morgan fingerprint density at radius 2 is 1.97 bits per heavy atom. The predicted molar refractivity (Wildman–Crippen MR) is 125 cm³/mol. The number of aryl methyl sites for hydroxylation is 1. The fourth-order valence-corrected chi connectivity index (χ4v) is 5.49. The van der Waals surface area contributed by atoms with Crippen molar-refractivity contribution in [1.82, 2.24) is 14.4 Å². The number of carbonyl (C=O) groups excluding carboxylic acids is 1. The Bertz CT molecular complexity index is 1210. The Labute approximate surface area is 196 Å². The summed E-state index contributed by atoms with van der Waals surface area (Å²) in [6.07, 6.45) is 1.59. The van der Waals surface area contributed by atoms with Gasteiger partial charge in [0.2, 0.25) is 10.0 Å². The van der Waals surface area contributed by atoms with Gasteiger partial charge in [-0.15, -0.1) is 0 Å².